The maximum absolute atomic E-state index is 13.3. The molecule has 3 rings (SSSR count). The van der Waals surface area contributed by atoms with Crippen LogP contribution >= 0.6 is 11.6 Å². The Balaban J connectivity index is 0.000000900. The van der Waals surface area contributed by atoms with Gasteiger partial charge in [0.1, 0.15) is 6.04 Å². The fraction of sp³-hybridized carbons (Fsp3) is 0.192. The molecule has 244 valence electrons. The normalized spacial score (nSPS) is 12.6. The number of nitrogen functional groups attached to an aromatic ring is 1. The number of primary sulfonamides is 1. The van der Waals surface area contributed by atoms with Gasteiger partial charge in [0.25, 0.3) is 5.91 Å². The minimum atomic E-state index is -5.08. The fourth-order valence-corrected chi connectivity index (χ4v) is 5.22. The summed E-state index contributed by atoms with van der Waals surface area (Å²) in [6.07, 6.45) is -3.11. The van der Waals surface area contributed by atoms with E-state index in [0.717, 1.165) is 19.5 Å². The number of hydrogen-bond donors (Lipinski definition) is 5. The lowest BCUT2D eigenvalue weighted by Gasteiger charge is -2.25. The molecule has 3 aromatic carbocycles. The molecule has 0 aliphatic rings. The first kappa shape index (κ1) is 36.8. The first-order valence-corrected chi connectivity index (χ1v) is 16.0. The van der Waals surface area contributed by atoms with Crippen molar-refractivity contribution in [2.24, 2.45) is 10.3 Å². The molecular formula is C26H27ClF3N5O8S2. The summed E-state index contributed by atoms with van der Waals surface area (Å²) < 4.78 is 80.6. The third-order valence-corrected chi connectivity index (χ3v) is 8.45. The molecule has 0 fully saturated rings. The van der Waals surface area contributed by atoms with Gasteiger partial charge in [0, 0.05) is 30.3 Å². The Kier molecular flexibility index (Phi) is 11.9. The SMILES string of the molecule is CN(C(=O)[C@H](Cc1cccc(N)c1C=NO)Nc1ccc(-c2ccccc2S(N)(=O)=O)cc1Cl)S(C)(=O)=O.O=C(O)C(F)(F)F. The number of nitrogens with one attached hydrogen (secondary N) is 1. The van der Waals surface area contributed by atoms with Crippen LogP contribution in [0.4, 0.5) is 24.5 Å². The largest absolute Gasteiger partial charge is 0.490 e. The molecule has 0 radical (unpaired) electrons. The Hall–Kier alpha value is -4.39. The topological polar surface area (TPSA) is 223 Å². The van der Waals surface area contributed by atoms with Gasteiger partial charge in [-0.25, -0.2) is 31.1 Å². The summed E-state index contributed by atoms with van der Waals surface area (Å²) >= 11 is 6.51. The Morgan fingerprint density at radius 3 is 2.20 bits per heavy atom. The maximum atomic E-state index is 13.3. The van der Waals surface area contributed by atoms with Crippen molar-refractivity contribution < 1.29 is 49.9 Å². The highest BCUT2D eigenvalue weighted by molar-refractivity contribution is 7.89. The number of aliphatic carboxylic acids is 1. The minimum absolute atomic E-state index is 0.0442. The van der Waals surface area contributed by atoms with E-state index in [1.54, 1.807) is 42.5 Å². The van der Waals surface area contributed by atoms with Crippen LogP contribution in [0.15, 0.2) is 70.7 Å². The number of nitrogens with two attached hydrogens (primary N) is 2. The molecule has 0 unspecified atom stereocenters. The number of anilines is 2. The molecule has 7 N–H and O–H groups in total. The van der Waals surface area contributed by atoms with Gasteiger partial charge in [0.2, 0.25) is 20.0 Å². The van der Waals surface area contributed by atoms with E-state index in [4.69, 9.17) is 37.6 Å². The monoisotopic (exact) mass is 693 g/mol. The summed E-state index contributed by atoms with van der Waals surface area (Å²) in [5.74, 6) is -3.53. The number of alkyl halides is 3. The Morgan fingerprint density at radius 1 is 1.09 bits per heavy atom. The number of carboxylic acid groups (broad SMARTS) is 1. The van der Waals surface area contributed by atoms with Crippen LogP contribution in [0.1, 0.15) is 11.1 Å². The molecule has 0 aliphatic heterocycles. The van der Waals surface area contributed by atoms with Crippen molar-refractivity contribution in [1.29, 1.82) is 0 Å². The molecule has 45 heavy (non-hydrogen) atoms. The van der Waals surface area contributed by atoms with E-state index in [1.807, 2.05) is 0 Å². The van der Waals surface area contributed by atoms with Crippen LogP contribution < -0.4 is 16.2 Å². The van der Waals surface area contributed by atoms with Crippen molar-refractivity contribution in [2.75, 3.05) is 24.4 Å². The van der Waals surface area contributed by atoms with Gasteiger partial charge in [-0.1, -0.05) is 53.2 Å². The summed E-state index contributed by atoms with van der Waals surface area (Å²) in [6.45, 7) is 0. The molecule has 3 aromatic rings. The number of hydrogen-bond acceptors (Lipinski definition) is 10. The van der Waals surface area contributed by atoms with Crippen molar-refractivity contribution in [3.63, 3.8) is 0 Å². The zero-order valence-electron chi connectivity index (χ0n) is 23.4. The number of oxime groups is 1. The molecular weight excluding hydrogens is 667 g/mol. The van der Waals surface area contributed by atoms with Gasteiger partial charge in [-0.3, -0.25) is 4.79 Å². The average Bonchev–Trinajstić information content (AvgIpc) is 2.93. The third kappa shape index (κ3) is 10.1. The number of likely N-dealkylation sites (N-methyl/N-ethyl adjacent to an activating group) is 1. The highest BCUT2D eigenvalue weighted by Gasteiger charge is 2.38. The molecule has 0 bridgehead atoms. The van der Waals surface area contributed by atoms with Crippen LogP contribution in [0, 0.1) is 0 Å². The highest BCUT2D eigenvalue weighted by atomic mass is 35.5. The smallest absolute Gasteiger partial charge is 0.475 e. The lowest BCUT2D eigenvalue weighted by Crippen LogP contribution is -2.44. The second kappa shape index (κ2) is 14.6. The van der Waals surface area contributed by atoms with Crippen LogP contribution in [0.2, 0.25) is 5.02 Å². The van der Waals surface area contributed by atoms with Crippen molar-refractivity contribution in [1.82, 2.24) is 4.31 Å². The van der Waals surface area contributed by atoms with Crippen molar-refractivity contribution in [3.05, 3.63) is 76.8 Å². The number of halogens is 4. The highest BCUT2D eigenvalue weighted by Crippen LogP contribution is 2.33. The van der Waals surface area contributed by atoms with Crippen molar-refractivity contribution in [3.8, 4) is 11.1 Å². The molecule has 0 saturated carbocycles. The number of sulfonamides is 2. The fourth-order valence-electron chi connectivity index (χ4n) is 3.77. The van der Waals surface area contributed by atoms with Crippen LogP contribution in [0.3, 0.4) is 0 Å². The predicted octanol–water partition coefficient (Wildman–Crippen LogP) is 3.12. The third-order valence-electron chi connectivity index (χ3n) is 5.99. The van der Waals surface area contributed by atoms with E-state index in [9.17, 15) is 34.8 Å². The zero-order valence-corrected chi connectivity index (χ0v) is 25.7. The second-order valence-electron chi connectivity index (χ2n) is 9.17. The van der Waals surface area contributed by atoms with Crippen molar-refractivity contribution >= 4 is 61.1 Å². The number of carbonyl (C=O) groups excluding carboxylic acids is 1. The molecule has 0 spiro atoms. The van der Waals surface area contributed by atoms with Crippen LogP contribution in [-0.4, -0.2) is 75.1 Å². The van der Waals surface area contributed by atoms with Gasteiger partial charge in [0.15, 0.2) is 0 Å². The summed E-state index contributed by atoms with van der Waals surface area (Å²) in [7, 11) is -6.75. The van der Waals surface area contributed by atoms with Gasteiger partial charge >= 0.3 is 12.1 Å². The first-order chi connectivity index (χ1) is 20.7. The van der Waals surface area contributed by atoms with E-state index in [-0.39, 0.29) is 22.0 Å². The lowest BCUT2D eigenvalue weighted by molar-refractivity contribution is -0.192. The summed E-state index contributed by atoms with van der Waals surface area (Å²) in [5, 5.41) is 27.7. The average molecular weight is 694 g/mol. The molecule has 0 aliphatic carbocycles. The number of amides is 1. The summed E-state index contributed by atoms with van der Waals surface area (Å²) in [6, 6.07) is 14.5. The standard InChI is InChI=1S/C24H26ClN5O6S2.C2HF3O2/c1-30(37(2,33)34)24(31)22(13-15-6-5-8-20(26)18(15)14-28-32)29-21-11-10-16(12-19(21)25)17-7-3-4-9-23(17)38(27,35)36;3-2(4,5)1(6)7/h3-12,14,22,29,32H,13,26H2,1-2H3,(H2,27,35,36);(H,6,7)/t22-;/m0./s1. The van der Waals surface area contributed by atoms with E-state index in [1.165, 1.54) is 18.2 Å². The van der Waals surface area contributed by atoms with Gasteiger partial charge in [-0.2, -0.15) is 13.2 Å². The maximum Gasteiger partial charge on any atom is 0.490 e. The van der Waals surface area contributed by atoms with Gasteiger partial charge in [-0.05, 0) is 35.4 Å². The number of rotatable bonds is 9. The van der Waals surface area contributed by atoms with Gasteiger partial charge in [0.05, 0.1) is 28.1 Å². The first-order valence-electron chi connectivity index (χ1n) is 12.2. The molecule has 19 heteroatoms. The summed E-state index contributed by atoms with van der Waals surface area (Å²) in [4.78, 5) is 22.1. The van der Waals surface area contributed by atoms with Gasteiger partial charge < -0.3 is 21.4 Å². The van der Waals surface area contributed by atoms with Crippen LogP contribution in [0.25, 0.3) is 11.1 Å². The zero-order chi connectivity index (χ0) is 34.3. The van der Waals surface area contributed by atoms with Gasteiger partial charge in [-0.15, -0.1) is 0 Å². The number of carbonyl (C=O) groups is 2. The molecule has 0 saturated heterocycles. The number of benzene rings is 3. The second-order valence-corrected chi connectivity index (χ2v) is 13.1. The Bertz CT molecular complexity index is 1820. The van der Waals surface area contributed by atoms with E-state index in [0.29, 0.717) is 32.2 Å². The lowest BCUT2D eigenvalue weighted by atomic mass is 9.98. The minimum Gasteiger partial charge on any atom is -0.475 e. The van der Waals surface area contributed by atoms with E-state index in [2.05, 4.69) is 10.5 Å². The molecule has 13 nitrogen and oxygen atoms in total. The molecule has 1 atom stereocenters. The van der Waals surface area contributed by atoms with Crippen LogP contribution in [-0.2, 0) is 36.1 Å². The van der Waals surface area contributed by atoms with E-state index >= 15 is 0 Å². The van der Waals surface area contributed by atoms with Crippen LogP contribution in [0.5, 0.6) is 0 Å². The molecule has 1 amide bonds. The number of carboxylic acids is 1. The molecule has 0 heterocycles. The molecule has 0 aromatic heterocycles. The Labute approximate surface area is 261 Å². The number of nitrogens with zero attached hydrogens (tertiary/aromatic N) is 2. The Morgan fingerprint density at radius 2 is 1.69 bits per heavy atom. The van der Waals surface area contributed by atoms with E-state index < -0.39 is 44.1 Å². The predicted molar refractivity (Wildman–Crippen MR) is 161 cm³/mol. The quantitative estimate of drug-likeness (QED) is 0.0953. The summed E-state index contributed by atoms with van der Waals surface area (Å²) in [5.41, 5.74) is 8.22. The van der Waals surface area contributed by atoms with Crippen molar-refractivity contribution in [2.45, 2.75) is 23.5 Å².